The van der Waals surface area contributed by atoms with E-state index >= 15 is 0 Å². The monoisotopic (exact) mass is 281 g/mol. The highest BCUT2D eigenvalue weighted by molar-refractivity contribution is 5.85. The zero-order valence-electron chi connectivity index (χ0n) is 11.8. The topological polar surface area (TPSA) is 22.1 Å². The van der Waals surface area contributed by atoms with Crippen LogP contribution in [-0.4, -0.2) is 11.6 Å². The third-order valence-electron chi connectivity index (χ3n) is 3.54. The molecule has 0 N–H and O–H groups in total. The summed E-state index contributed by atoms with van der Waals surface area (Å²) in [5.41, 5.74) is 1.57. The maximum atomic E-state index is 13.7. The normalized spacial score (nSPS) is 12.3. The summed E-state index contributed by atoms with van der Waals surface area (Å²) in [6.07, 6.45) is 1.58. The molecular formula is C18H16FNO. The lowest BCUT2D eigenvalue weighted by Gasteiger charge is -2.14. The van der Waals surface area contributed by atoms with E-state index in [2.05, 4.69) is 24.0 Å². The van der Waals surface area contributed by atoms with Crippen LogP contribution in [0.3, 0.4) is 0 Å². The SMILES string of the molecule is CC(COc1ccnc2c(F)cccc12)c1ccccc1. The number of benzene rings is 2. The first-order valence-corrected chi connectivity index (χ1v) is 6.96. The van der Waals surface area contributed by atoms with Gasteiger partial charge in [-0.2, -0.15) is 0 Å². The van der Waals surface area contributed by atoms with Crippen LogP contribution >= 0.6 is 0 Å². The summed E-state index contributed by atoms with van der Waals surface area (Å²) in [4.78, 5) is 4.07. The lowest BCUT2D eigenvalue weighted by atomic mass is 10.0. The van der Waals surface area contributed by atoms with Gasteiger partial charge in [0, 0.05) is 17.5 Å². The molecule has 1 atom stereocenters. The number of hydrogen-bond acceptors (Lipinski definition) is 2. The van der Waals surface area contributed by atoms with E-state index < -0.39 is 0 Å². The predicted molar refractivity (Wildman–Crippen MR) is 82.1 cm³/mol. The summed E-state index contributed by atoms with van der Waals surface area (Å²) in [5, 5.41) is 0.706. The molecule has 2 aromatic carbocycles. The highest BCUT2D eigenvalue weighted by Crippen LogP contribution is 2.26. The fourth-order valence-corrected chi connectivity index (χ4v) is 2.33. The van der Waals surface area contributed by atoms with Gasteiger partial charge in [0.05, 0.1) is 6.61 Å². The van der Waals surface area contributed by atoms with Crippen LogP contribution in [0.2, 0.25) is 0 Å². The number of fused-ring (bicyclic) bond motifs is 1. The molecule has 106 valence electrons. The molecule has 2 nitrogen and oxygen atoms in total. The number of nitrogens with zero attached hydrogens (tertiary/aromatic N) is 1. The van der Waals surface area contributed by atoms with Crippen molar-refractivity contribution < 1.29 is 9.13 Å². The van der Waals surface area contributed by atoms with Crippen molar-refractivity contribution in [3.05, 3.63) is 72.2 Å². The Morgan fingerprint density at radius 3 is 2.67 bits per heavy atom. The number of halogens is 1. The summed E-state index contributed by atoms with van der Waals surface area (Å²) in [6.45, 7) is 2.65. The molecule has 3 heteroatoms. The maximum Gasteiger partial charge on any atom is 0.149 e. The van der Waals surface area contributed by atoms with Gasteiger partial charge in [-0.05, 0) is 23.8 Å². The number of ether oxygens (including phenoxy) is 1. The summed E-state index contributed by atoms with van der Waals surface area (Å²) < 4.78 is 19.6. The van der Waals surface area contributed by atoms with E-state index in [1.54, 1.807) is 18.3 Å². The number of para-hydroxylation sites is 1. The Kier molecular flexibility index (Phi) is 3.82. The summed E-state index contributed by atoms with van der Waals surface area (Å²) in [7, 11) is 0. The van der Waals surface area contributed by atoms with Crippen molar-refractivity contribution in [2.75, 3.05) is 6.61 Å². The molecule has 0 spiro atoms. The van der Waals surface area contributed by atoms with Gasteiger partial charge in [0.2, 0.25) is 0 Å². The average Bonchev–Trinajstić information content (AvgIpc) is 2.54. The van der Waals surface area contributed by atoms with Gasteiger partial charge < -0.3 is 4.74 Å². The molecule has 3 aromatic rings. The third kappa shape index (κ3) is 2.87. The Balaban J connectivity index is 1.81. The number of rotatable bonds is 4. The first-order chi connectivity index (χ1) is 10.3. The van der Waals surface area contributed by atoms with Crippen LogP contribution in [0, 0.1) is 5.82 Å². The molecule has 0 bridgehead atoms. The van der Waals surface area contributed by atoms with E-state index in [1.165, 1.54) is 11.6 Å². The Labute approximate surface area is 123 Å². The van der Waals surface area contributed by atoms with Gasteiger partial charge in [0.25, 0.3) is 0 Å². The summed E-state index contributed by atoms with van der Waals surface area (Å²) in [5.74, 6) is 0.610. The van der Waals surface area contributed by atoms with Crippen molar-refractivity contribution in [1.29, 1.82) is 0 Å². The van der Waals surface area contributed by atoms with E-state index in [-0.39, 0.29) is 11.7 Å². The van der Waals surface area contributed by atoms with Gasteiger partial charge in [-0.25, -0.2) is 4.39 Å². The standard InChI is InChI=1S/C18H16FNO/c1-13(14-6-3-2-4-7-14)12-21-17-10-11-20-18-15(17)8-5-9-16(18)19/h2-11,13H,12H2,1H3. The first-order valence-electron chi connectivity index (χ1n) is 6.96. The molecule has 0 aliphatic heterocycles. The molecule has 3 rings (SSSR count). The quantitative estimate of drug-likeness (QED) is 0.699. The van der Waals surface area contributed by atoms with E-state index in [0.717, 1.165) is 0 Å². The van der Waals surface area contributed by atoms with Crippen LogP contribution in [0.25, 0.3) is 10.9 Å². The van der Waals surface area contributed by atoms with E-state index in [4.69, 9.17) is 4.74 Å². The fraction of sp³-hybridized carbons (Fsp3) is 0.167. The lowest BCUT2D eigenvalue weighted by molar-refractivity contribution is 0.299. The highest BCUT2D eigenvalue weighted by Gasteiger charge is 2.10. The minimum Gasteiger partial charge on any atom is -0.492 e. The third-order valence-corrected chi connectivity index (χ3v) is 3.54. The van der Waals surface area contributed by atoms with Crippen molar-refractivity contribution in [1.82, 2.24) is 4.98 Å². The van der Waals surface area contributed by atoms with Gasteiger partial charge in [-0.1, -0.05) is 43.3 Å². The zero-order valence-corrected chi connectivity index (χ0v) is 11.8. The van der Waals surface area contributed by atoms with Crippen LogP contribution in [0.1, 0.15) is 18.4 Å². The van der Waals surface area contributed by atoms with Gasteiger partial charge >= 0.3 is 0 Å². The highest BCUT2D eigenvalue weighted by atomic mass is 19.1. The minimum atomic E-state index is -0.325. The second-order valence-corrected chi connectivity index (χ2v) is 5.07. The second kappa shape index (κ2) is 5.92. The minimum absolute atomic E-state index is 0.267. The molecular weight excluding hydrogens is 265 g/mol. The largest absolute Gasteiger partial charge is 0.492 e. The average molecular weight is 281 g/mol. The lowest BCUT2D eigenvalue weighted by Crippen LogP contribution is -2.07. The molecule has 0 radical (unpaired) electrons. The zero-order chi connectivity index (χ0) is 14.7. The van der Waals surface area contributed by atoms with Crippen LogP contribution in [-0.2, 0) is 0 Å². The second-order valence-electron chi connectivity index (χ2n) is 5.07. The molecule has 0 aliphatic carbocycles. The first kappa shape index (κ1) is 13.6. The smallest absolute Gasteiger partial charge is 0.149 e. The van der Waals surface area contributed by atoms with Gasteiger partial charge in [-0.3, -0.25) is 4.98 Å². The molecule has 0 amide bonds. The summed E-state index contributed by atoms with van der Waals surface area (Å²) in [6, 6.07) is 16.9. The molecule has 1 aromatic heterocycles. The molecule has 1 heterocycles. The fourth-order valence-electron chi connectivity index (χ4n) is 2.33. The van der Waals surface area contributed by atoms with Crippen LogP contribution in [0.5, 0.6) is 5.75 Å². The Bertz CT molecular complexity index is 743. The van der Waals surface area contributed by atoms with Gasteiger partial charge in [0.1, 0.15) is 17.1 Å². The Morgan fingerprint density at radius 2 is 1.86 bits per heavy atom. The van der Waals surface area contributed by atoms with Crippen molar-refractivity contribution in [3.8, 4) is 5.75 Å². The van der Waals surface area contributed by atoms with E-state index in [9.17, 15) is 4.39 Å². The van der Waals surface area contributed by atoms with E-state index in [1.807, 2.05) is 24.3 Å². The molecule has 0 saturated carbocycles. The Morgan fingerprint density at radius 1 is 1.05 bits per heavy atom. The molecule has 21 heavy (non-hydrogen) atoms. The molecule has 0 fully saturated rings. The predicted octanol–water partition coefficient (Wildman–Crippen LogP) is 4.56. The number of aromatic nitrogens is 1. The van der Waals surface area contributed by atoms with Crippen molar-refractivity contribution >= 4 is 10.9 Å². The molecule has 0 saturated heterocycles. The van der Waals surface area contributed by atoms with Crippen LogP contribution in [0.15, 0.2) is 60.8 Å². The molecule has 1 unspecified atom stereocenters. The van der Waals surface area contributed by atoms with Crippen molar-refractivity contribution in [3.63, 3.8) is 0 Å². The number of pyridine rings is 1. The molecule has 0 aliphatic rings. The van der Waals surface area contributed by atoms with Gasteiger partial charge in [-0.15, -0.1) is 0 Å². The van der Waals surface area contributed by atoms with Crippen molar-refractivity contribution in [2.45, 2.75) is 12.8 Å². The van der Waals surface area contributed by atoms with Crippen LogP contribution in [0.4, 0.5) is 4.39 Å². The van der Waals surface area contributed by atoms with E-state index in [0.29, 0.717) is 23.3 Å². The van der Waals surface area contributed by atoms with Crippen molar-refractivity contribution in [2.24, 2.45) is 0 Å². The Hall–Kier alpha value is -2.42. The number of hydrogen-bond donors (Lipinski definition) is 0. The van der Waals surface area contributed by atoms with Gasteiger partial charge in [0.15, 0.2) is 0 Å². The summed E-state index contributed by atoms with van der Waals surface area (Å²) >= 11 is 0. The maximum absolute atomic E-state index is 13.7. The van der Waals surface area contributed by atoms with Crippen LogP contribution < -0.4 is 4.74 Å².